The third-order valence-electron chi connectivity index (χ3n) is 1.90. The Morgan fingerprint density at radius 1 is 1.44 bits per heavy atom. The highest BCUT2D eigenvalue weighted by Crippen LogP contribution is 2.18. The zero-order chi connectivity index (χ0) is 12.1. The van der Waals surface area contributed by atoms with Gasteiger partial charge in [0, 0.05) is 12.5 Å². The summed E-state index contributed by atoms with van der Waals surface area (Å²) in [4.78, 5) is 22.4. The van der Waals surface area contributed by atoms with E-state index in [2.05, 4.69) is 16.0 Å². The molecule has 0 radical (unpaired) electrons. The van der Waals surface area contributed by atoms with Crippen LogP contribution >= 0.6 is 0 Å². The number of esters is 1. The van der Waals surface area contributed by atoms with Crippen molar-refractivity contribution < 1.29 is 14.3 Å². The number of methoxy groups -OCH3 is 1. The van der Waals surface area contributed by atoms with Crippen LogP contribution in [0, 0.1) is 12.3 Å². The fraction of sp³-hybridized carbons (Fsp3) is 0.167. The molecule has 0 bridgehead atoms. The highest BCUT2D eigenvalue weighted by atomic mass is 16.5. The third kappa shape index (κ3) is 2.61. The standard InChI is InChI=1S/C12H11NO3/c1-4-9-5-6-11(13-8(2)14)10(7-9)12(15)16-3/h1,5-7H,2-3H3,(H,13,14). The van der Waals surface area contributed by atoms with Gasteiger partial charge in [-0.15, -0.1) is 6.42 Å². The molecule has 4 heteroatoms. The molecule has 0 heterocycles. The molecule has 4 nitrogen and oxygen atoms in total. The predicted molar refractivity (Wildman–Crippen MR) is 60.0 cm³/mol. The largest absolute Gasteiger partial charge is 0.465 e. The minimum absolute atomic E-state index is 0.244. The molecule has 1 N–H and O–H groups in total. The first-order valence-corrected chi connectivity index (χ1v) is 4.55. The molecule has 0 atom stereocenters. The molecule has 0 fully saturated rings. The minimum Gasteiger partial charge on any atom is -0.465 e. The number of nitrogens with one attached hydrogen (secondary N) is 1. The van der Waals surface area contributed by atoms with Crippen molar-refractivity contribution in [1.29, 1.82) is 0 Å². The van der Waals surface area contributed by atoms with Gasteiger partial charge in [-0.2, -0.15) is 0 Å². The second-order valence-corrected chi connectivity index (χ2v) is 3.08. The van der Waals surface area contributed by atoms with Crippen molar-refractivity contribution in [3.63, 3.8) is 0 Å². The van der Waals surface area contributed by atoms with Crippen LogP contribution < -0.4 is 5.32 Å². The summed E-state index contributed by atoms with van der Waals surface area (Å²) in [6, 6.07) is 4.71. The molecule has 16 heavy (non-hydrogen) atoms. The SMILES string of the molecule is C#Cc1ccc(NC(C)=O)c(C(=O)OC)c1. The van der Waals surface area contributed by atoms with Gasteiger partial charge in [0.25, 0.3) is 0 Å². The minimum atomic E-state index is -0.541. The Morgan fingerprint density at radius 2 is 2.12 bits per heavy atom. The molecule has 0 aliphatic heterocycles. The lowest BCUT2D eigenvalue weighted by Crippen LogP contribution is -2.12. The Morgan fingerprint density at radius 3 is 2.62 bits per heavy atom. The van der Waals surface area contributed by atoms with Crippen LogP contribution in [0.4, 0.5) is 5.69 Å². The number of hydrogen-bond acceptors (Lipinski definition) is 3. The Kier molecular flexibility index (Phi) is 3.67. The smallest absolute Gasteiger partial charge is 0.340 e. The predicted octanol–water partition coefficient (Wildman–Crippen LogP) is 1.41. The maximum absolute atomic E-state index is 11.4. The molecule has 0 spiro atoms. The van der Waals surface area contributed by atoms with Gasteiger partial charge >= 0.3 is 5.97 Å². The highest BCUT2D eigenvalue weighted by molar-refractivity contribution is 6.01. The zero-order valence-electron chi connectivity index (χ0n) is 9.03. The molecule has 1 aromatic rings. The van der Waals surface area contributed by atoms with Gasteiger partial charge in [-0.3, -0.25) is 4.79 Å². The maximum Gasteiger partial charge on any atom is 0.340 e. The van der Waals surface area contributed by atoms with Crippen molar-refractivity contribution in [2.75, 3.05) is 12.4 Å². The van der Waals surface area contributed by atoms with Crippen LogP contribution in [-0.2, 0) is 9.53 Å². The van der Waals surface area contributed by atoms with Crippen molar-refractivity contribution in [2.45, 2.75) is 6.92 Å². The van der Waals surface area contributed by atoms with E-state index in [1.807, 2.05) is 0 Å². The van der Waals surface area contributed by atoms with E-state index in [-0.39, 0.29) is 11.5 Å². The van der Waals surface area contributed by atoms with Crippen LogP contribution in [0.1, 0.15) is 22.8 Å². The Hall–Kier alpha value is -2.28. The van der Waals surface area contributed by atoms with Crippen molar-refractivity contribution >= 4 is 17.6 Å². The number of carbonyl (C=O) groups is 2. The van der Waals surface area contributed by atoms with Crippen LogP contribution in [0.2, 0.25) is 0 Å². The second-order valence-electron chi connectivity index (χ2n) is 3.08. The summed E-state index contributed by atoms with van der Waals surface area (Å²) in [6.07, 6.45) is 5.22. The van der Waals surface area contributed by atoms with Crippen LogP contribution in [0.5, 0.6) is 0 Å². The molecular formula is C12H11NO3. The maximum atomic E-state index is 11.4. The van der Waals surface area contributed by atoms with Crippen molar-refractivity contribution in [3.8, 4) is 12.3 Å². The van der Waals surface area contributed by atoms with Gasteiger partial charge in [0.2, 0.25) is 5.91 Å². The Labute approximate surface area is 93.6 Å². The molecule has 0 saturated heterocycles. The van der Waals surface area contributed by atoms with Gasteiger partial charge in [-0.25, -0.2) is 4.79 Å². The molecule has 1 amide bonds. The molecule has 82 valence electrons. The van der Waals surface area contributed by atoms with Crippen LogP contribution in [-0.4, -0.2) is 19.0 Å². The van der Waals surface area contributed by atoms with Crippen molar-refractivity contribution in [3.05, 3.63) is 29.3 Å². The van der Waals surface area contributed by atoms with Gasteiger partial charge in [-0.05, 0) is 18.2 Å². The van der Waals surface area contributed by atoms with E-state index < -0.39 is 5.97 Å². The zero-order valence-corrected chi connectivity index (χ0v) is 9.03. The number of amides is 1. The number of anilines is 1. The molecule has 1 rings (SSSR count). The average molecular weight is 217 g/mol. The van der Waals surface area contributed by atoms with E-state index in [0.29, 0.717) is 11.3 Å². The highest BCUT2D eigenvalue weighted by Gasteiger charge is 2.13. The first kappa shape index (κ1) is 11.8. The third-order valence-corrected chi connectivity index (χ3v) is 1.90. The van der Waals surface area contributed by atoms with E-state index in [0.717, 1.165) is 0 Å². The fourth-order valence-corrected chi connectivity index (χ4v) is 1.21. The number of terminal acetylenes is 1. The number of ether oxygens (including phenoxy) is 1. The normalized spacial score (nSPS) is 9.06. The van der Waals surface area contributed by atoms with Crippen LogP contribution in [0.3, 0.4) is 0 Å². The molecule has 0 aromatic heterocycles. The van der Waals surface area contributed by atoms with Crippen LogP contribution in [0.15, 0.2) is 18.2 Å². The second kappa shape index (κ2) is 4.99. The van der Waals surface area contributed by atoms with Gasteiger partial charge < -0.3 is 10.1 Å². The number of rotatable bonds is 2. The van der Waals surface area contributed by atoms with Gasteiger partial charge in [0.15, 0.2) is 0 Å². The quantitative estimate of drug-likeness (QED) is 0.602. The summed E-state index contributed by atoms with van der Waals surface area (Å²) < 4.78 is 4.60. The fourth-order valence-electron chi connectivity index (χ4n) is 1.21. The van der Waals surface area contributed by atoms with E-state index >= 15 is 0 Å². The van der Waals surface area contributed by atoms with E-state index in [1.54, 1.807) is 12.1 Å². The van der Waals surface area contributed by atoms with Crippen molar-refractivity contribution in [1.82, 2.24) is 0 Å². The molecule has 0 aliphatic carbocycles. The molecule has 1 aromatic carbocycles. The number of hydrogen-bond donors (Lipinski definition) is 1. The topological polar surface area (TPSA) is 55.4 Å². The summed E-state index contributed by atoms with van der Waals surface area (Å²) in [5.74, 6) is 1.60. The average Bonchev–Trinajstić information content (AvgIpc) is 2.28. The summed E-state index contributed by atoms with van der Waals surface area (Å²) >= 11 is 0. The summed E-state index contributed by atoms with van der Waals surface area (Å²) in [5, 5.41) is 2.53. The van der Waals surface area contributed by atoms with E-state index in [1.165, 1.54) is 20.1 Å². The van der Waals surface area contributed by atoms with E-state index in [4.69, 9.17) is 6.42 Å². The lowest BCUT2D eigenvalue weighted by atomic mass is 10.1. The van der Waals surface area contributed by atoms with Gasteiger partial charge in [0.05, 0.1) is 18.4 Å². The Balaban J connectivity index is 3.22. The molecular weight excluding hydrogens is 206 g/mol. The van der Waals surface area contributed by atoms with Gasteiger partial charge in [0.1, 0.15) is 0 Å². The first-order valence-electron chi connectivity index (χ1n) is 4.55. The van der Waals surface area contributed by atoms with Crippen LogP contribution in [0.25, 0.3) is 0 Å². The first-order chi connectivity index (χ1) is 7.58. The molecule has 0 unspecified atom stereocenters. The Bertz CT molecular complexity index is 472. The van der Waals surface area contributed by atoms with Crippen molar-refractivity contribution in [2.24, 2.45) is 0 Å². The number of benzene rings is 1. The monoisotopic (exact) mass is 217 g/mol. The lowest BCUT2D eigenvalue weighted by molar-refractivity contribution is -0.114. The molecule has 0 aliphatic rings. The number of carbonyl (C=O) groups excluding carboxylic acids is 2. The van der Waals surface area contributed by atoms with E-state index in [9.17, 15) is 9.59 Å². The lowest BCUT2D eigenvalue weighted by Gasteiger charge is -2.08. The summed E-state index contributed by atoms with van der Waals surface area (Å²) in [5.41, 5.74) is 1.18. The summed E-state index contributed by atoms with van der Waals surface area (Å²) in [6.45, 7) is 1.36. The van der Waals surface area contributed by atoms with Gasteiger partial charge in [-0.1, -0.05) is 5.92 Å². The molecule has 0 saturated carbocycles. The summed E-state index contributed by atoms with van der Waals surface area (Å²) in [7, 11) is 1.27.